The van der Waals surface area contributed by atoms with E-state index in [1.807, 2.05) is 0 Å². The highest BCUT2D eigenvalue weighted by Gasteiger charge is 2.16. The molecule has 2 rings (SSSR count). The molecule has 0 saturated carbocycles. The summed E-state index contributed by atoms with van der Waals surface area (Å²) >= 11 is 0. The second kappa shape index (κ2) is 6.40. The van der Waals surface area contributed by atoms with Crippen LogP contribution in [0, 0.1) is 6.92 Å². The minimum atomic E-state index is 0.492. The van der Waals surface area contributed by atoms with Crippen LogP contribution in [0.4, 0.5) is 0 Å². The van der Waals surface area contributed by atoms with E-state index in [1.54, 1.807) is 7.11 Å². The Bertz CT molecular complexity index is 423. The molecule has 0 radical (unpaired) electrons. The Kier molecular flexibility index (Phi) is 4.83. The monoisotopic (exact) mass is 262 g/mol. The highest BCUT2D eigenvalue weighted by molar-refractivity contribution is 5.44. The third-order valence-corrected chi connectivity index (χ3v) is 3.90. The maximum absolute atomic E-state index is 5.50. The second-order valence-corrected chi connectivity index (χ2v) is 5.73. The van der Waals surface area contributed by atoms with Crippen molar-refractivity contribution in [1.29, 1.82) is 0 Å². The number of rotatable bonds is 4. The van der Waals surface area contributed by atoms with E-state index in [1.165, 1.54) is 16.7 Å². The lowest BCUT2D eigenvalue weighted by Crippen LogP contribution is -2.49. The molecule has 1 aromatic rings. The first-order valence-electron chi connectivity index (χ1n) is 7.23. The maximum atomic E-state index is 5.50. The van der Waals surface area contributed by atoms with Crippen molar-refractivity contribution in [2.45, 2.75) is 39.2 Å². The van der Waals surface area contributed by atoms with Gasteiger partial charge in [0, 0.05) is 25.7 Å². The summed E-state index contributed by atoms with van der Waals surface area (Å²) in [6.07, 6.45) is 1.09. The molecule has 0 spiro atoms. The molecule has 1 aliphatic rings. The van der Waals surface area contributed by atoms with Crippen LogP contribution in [-0.4, -0.2) is 32.8 Å². The number of hydrogen-bond acceptors (Lipinski definition) is 3. The standard InChI is InChI=1S/C16H26N2O/c1-11(2)15-9-13(12(3)7-16(15)19-4)8-14-10-17-5-6-18-14/h7,9,11,14,17-18H,5-6,8,10H2,1-4H3. The van der Waals surface area contributed by atoms with E-state index >= 15 is 0 Å². The van der Waals surface area contributed by atoms with Crippen molar-refractivity contribution in [3.8, 4) is 5.75 Å². The van der Waals surface area contributed by atoms with Gasteiger partial charge >= 0.3 is 0 Å². The van der Waals surface area contributed by atoms with Crippen LogP contribution in [0.15, 0.2) is 12.1 Å². The molecule has 3 nitrogen and oxygen atoms in total. The number of aryl methyl sites for hydroxylation is 1. The molecule has 1 aliphatic heterocycles. The zero-order valence-corrected chi connectivity index (χ0v) is 12.5. The molecular formula is C16H26N2O. The van der Waals surface area contributed by atoms with Gasteiger partial charge in [0.15, 0.2) is 0 Å². The fraction of sp³-hybridized carbons (Fsp3) is 0.625. The van der Waals surface area contributed by atoms with Crippen LogP contribution in [-0.2, 0) is 6.42 Å². The third-order valence-electron chi connectivity index (χ3n) is 3.90. The molecule has 0 aliphatic carbocycles. The minimum absolute atomic E-state index is 0.492. The predicted molar refractivity (Wildman–Crippen MR) is 80.2 cm³/mol. The summed E-state index contributed by atoms with van der Waals surface area (Å²) in [5.74, 6) is 1.51. The average molecular weight is 262 g/mol. The van der Waals surface area contributed by atoms with Crippen molar-refractivity contribution in [3.05, 3.63) is 28.8 Å². The van der Waals surface area contributed by atoms with Gasteiger partial charge in [0.05, 0.1) is 7.11 Å². The largest absolute Gasteiger partial charge is 0.496 e. The van der Waals surface area contributed by atoms with Crippen molar-refractivity contribution in [2.75, 3.05) is 26.7 Å². The summed E-state index contributed by atoms with van der Waals surface area (Å²) in [4.78, 5) is 0. The van der Waals surface area contributed by atoms with Crippen molar-refractivity contribution in [2.24, 2.45) is 0 Å². The van der Waals surface area contributed by atoms with Crippen molar-refractivity contribution >= 4 is 0 Å². The van der Waals surface area contributed by atoms with Gasteiger partial charge in [-0.15, -0.1) is 0 Å². The van der Waals surface area contributed by atoms with Gasteiger partial charge in [0.25, 0.3) is 0 Å². The fourth-order valence-electron chi connectivity index (χ4n) is 2.72. The second-order valence-electron chi connectivity index (χ2n) is 5.73. The van der Waals surface area contributed by atoms with Gasteiger partial charge < -0.3 is 15.4 Å². The lowest BCUT2D eigenvalue weighted by Gasteiger charge is -2.26. The summed E-state index contributed by atoms with van der Waals surface area (Å²) in [5, 5.41) is 7.03. The molecule has 1 aromatic carbocycles. The first-order chi connectivity index (χ1) is 9.11. The summed E-state index contributed by atoms with van der Waals surface area (Å²) in [6, 6.07) is 5.05. The Morgan fingerprint density at radius 3 is 2.68 bits per heavy atom. The molecule has 106 valence electrons. The molecule has 1 fully saturated rings. The quantitative estimate of drug-likeness (QED) is 0.873. The molecule has 1 saturated heterocycles. The highest BCUT2D eigenvalue weighted by atomic mass is 16.5. The van der Waals surface area contributed by atoms with Crippen LogP contribution in [0.5, 0.6) is 5.75 Å². The number of piperazine rings is 1. The van der Waals surface area contributed by atoms with Crippen LogP contribution in [0.3, 0.4) is 0 Å². The molecule has 2 N–H and O–H groups in total. The van der Waals surface area contributed by atoms with Gasteiger partial charge in [-0.2, -0.15) is 0 Å². The topological polar surface area (TPSA) is 33.3 Å². The van der Waals surface area contributed by atoms with E-state index < -0.39 is 0 Å². The number of nitrogens with one attached hydrogen (secondary N) is 2. The summed E-state index contributed by atoms with van der Waals surface area (Å²) < 4.78 is 5.50. The Morgan fingerprint density at radius 1 is 1.32 bits per heavy atom. The first-order valence-corrected chi connectivity index (χ1v) is 7.23. The third kappa shape index (κ3) is 3.48. The first kappa shape index (κ1) is 14.4. The normalized spacial score (nSPS) is 19.7. The van der Waals surface area contributed by atoms with Crippen LogP contribution in [0.2, 0.25) is 0 Å². The molecule has 1 unspecified atom stereocenters. The number of hydrogen-bond donors (Lipinski definition) is 2. The van der Waals surface area contributed by atoms with Crippen LogP contribution >= 0.6 is 0 Å². The van der Waals surface area contributed by atoms with Crippen molar-refractivity contribution in [1.82, 2.24) is 10.6 Å². The van der Waals surface area contributed by atoms with Gasteiger partial charge in [0.1, 0.15) is 5.75 Å². The van der Waals surface area contributed by atoms with E-state index in [9.17, 15) is 0 Å². The zero-order chi connectivity index (χ0) is 13.8. The van der Waals surface area contributed by atoms with E-state index in [0.717, 1.165) is 31.8 Å². The van der Waals surface area contributed by atoms with E-state index in [0.29, 0.717) is 12.0 Å². The molecule has 1 atom stereocenters. The summed E-state index contributed by atoms with van der Waals surface area (Å²) in [6.45, 7) is 9.82. The lowest BCUT2D eigenvalue weighted by atomic mass is 9.93. The molecule has 0 aromatic heterocycles. The Hall–Kier alpha value is -1.06. The SMILES string of the molecule is COc1cc(C)c(CC2CNCCN2)cc1C(C)C. The molecule has 0 amide bonds. The highest BCUT2D eigenvalue weighted by Crippen LogP contribution is 2.30. The number of benzene rings is 1. The van der Waals surface area contributed by atoms with Crippen LogP contribution < -0.4 is 15.4 Å². The molecular weight excluding hydrogens is 236 g/mol. The van der Waals surface area contributed by atoms with E-state index in [-0.39, 0.29) is 0 Å². The maximum Gasteiger partial charge on any atom is 0.122 e. The fourth-order valence-corrected chi connectivity index (χ4v) is 2.72. The van der Waals surface area contributed by atoms with E-state index in [4.69, 9.17) is 4.74 Å². The number of ether oxygens (including phenoxy) is 1. The Morgan fingerprint density at radius 2 is 2.11 bits per heavy atom. The smallest absolute Gasteiger partial charge is 0.122 e. The van der Waals surface area contributed by atoms with Gasteiger partial charge in [-0.3, -0.25) is 0 Å². The number of methoxy groups -OCH3 is 1. The zero-order valence-electron chi connectivity index (χ0n) is 12.5. The lowest BCUT2D eigenvalue weighted by molar-refractivity contribution is 0.404. The molecule has 1 heterocycles. The van der Waals surface area contributed by atoms with Gasteiger partial charge in [-0.25, -0.2) is 0 Å². The van der Waals surface area contributed by atoms with Gasteiger partial charge in [0.2, 0.25) is 0 Å². The van der Waals surface area contributed by atoms with Crippen LogP contribution in [0.25, 0.3) is 0 Å². The van der Waals surface area contributed by atoms with Gasteiger partial charge in [-0.1, -0.05) is 19.9 Å². The van der Waals surface area contributed by atoms with E-state index in [2.05, 4.69) is 43.5 Å². The predicted octanol–water partition coefficient (Wildman–Crippen LogP) is 2.23. The molecule has 3 heteroatoms. The van der Waals surface area contributed by atoms with Gasteiger partial charge in [-0.05, 0) is 42.0 Å². The average Bonchev–Trinajstić information content (AvgIpc) is 2.41. The van der Waals surface area contributed by atoms with Crippen LogP contribution in [0.1, 0.15) is 36.5 Å². The Labute approximate surface area is 116 Å². The summed E-state index contributed by atoms with van der Waals surface area (Å²) in [7, 11) is 1.76. The minimum Gasteiger partial charge on any atom is -0.496 e. The summed E-state index contributed by atoms with van der Waals surface area (Å²) in [5.41, 5.74) is 4.08. The van der Waals surface area contributed by atoms with Crippen molar-refractivity contribution in [3.63, 3.8) is 0 Å². The van der Waals surface area contributed by atoms with Crippen molar-refractivity contribution < 1.29 is 4.74 Å². The Balaban J connectivity index is 2.21. The molecule has 19 heavy (non-hydrogen) atoms. The molecule has 0 bridgehead atoms.